The van der Waals surface area contributed by atoms with Crippen LogP contribution in [0.1, 0.15) is 63.6 Å². The molecule has 0 spiro atoms. The molecule has 2 aromatic rings. The van der Waals surface area contributed by atoms with Crippen LogP contribution in [0.2, 0.25) is 0 Å². The number of allylic oxidation sites excluding steroid dienone is 1. The highest BCUT2D eigenvalue weighted by Gasteiger charge is 2.37. The molecule has 2 aromatic carbocycles. The van der Waals surface area contributed by atoms with E-state index in [-0.39, 0.29) is 17.4 Å². The maximum atomic E-state index is 8.91. The molecule has 0 aromatic heterocycles. The first-order valence-corrected chi connectivity index (χ1v) is 10.1. The summed E-state index contributed by atoms with van der Waals surface area (Å²) >= 11 is 0. The highest BCUT2D eigenvalue weighted by Crippen LogP contribution is 2.51. The van der Waals surface area contributed by atoms with Crippen molar-refractivity contribution in [3.05, 3.63) is 70.8 Å². The monoisotopic (exact) mass is 373 g/mol. The molecule has 1 aliphatic rings. The lowest BCUT2D eigenvalue weighted by Crippen LogP contribution is -2.30. The van der Waals surface area contributed by atoms with Gasteiger partial charge in [0.25, 0.3) is 0 Å². The maximum Gasteiger partial charge on any atom is 0.174 e. The second-order valence-electron chi connectivity index (χ2n) is 9.63. The third-order valence-corrected chi connectivity index (χ3v) is 5.53. The zero-order chi connectivity index (χ0) is 20.4. The van der Waals surface area contributed by atoms with E-state index in [1.807, 2.05) is 6.92 Å². The van der Waals surface area contributed by atoms with Crippen LogP contribution in [0.3, 0.4) is 0 Å². The standard InChI is InChI=1S/C26H31NO/c1-19-11-12-21(15-23(19)28-14-13-27)24(20-9-7-6-8-10-20)22-16-25(2,3)18-26(4,5)17-22/h6-12,15H,14,16-18H2,1-5H3. The summed E-state index contributed by atoms with van der Waals surface area (Å²) in [4.78, 5) is 0. The summed E-state index contributed by atoms with van der Waals surface area (Å²) in [5.41, 5.74) is 6.88. The fourth-order valence-corrected chi connectivity index (χ4v) is 5.02. The van der Waals surface area contributed by atoms with Gasteiger partial charge in [0.15, 0.2) is 6.61 Å². The van der Waals surface area contributed by atoms with E-state index < -0.39 is 0 Å². The Balaban J connectivity index is 2.18. The Morgan fingerprint density at radius 2 is 1.61 bits per heavy atom. The van der Waals surface area contributed by atoms with Gasteiger partial charge in [0.05, 0.1) is 0 Å². The lowest BCUT2D eigenvalue weighted by Gasteiger charge is -2.43. The van der Waals surface area contributed by atoms with Crippen molar-refractivity contribution in [2.24, 2.45) is 10.8 Å². The summed E-state index contributed by atoms with van der Waals surface area (Å²) in [7, 11) is 0. The molecule has 2 nitrogen and oxygen atoms in total. The van der Waals surface area contributed by atoms with E-state index in [0.29, 0.717) is 0 Å². The molecular weight excluding hydrogens is 342 g/mol. The van der Waals surface area contributed by atoms with E-state index in [1.54, 1.807) is 0 Å². The predicted octanol–water partition coefficient (Wildman–Crippen LogP) is 6.94. The number of hydrogen-bond acceptors (Lipinski definition) is 2. The van der Waals surface area contributed by atoms with E-state index >= 15 is 0 Å². The molecule has 0 heterocycles. The summed E-state index contributed by atoms with van der Waals surface area (Å²) in [6.07, 6.45) is 3.43. The van der Waals surface area contributed by atoms with E-state index in [0.717, 1.165) is 24.2 Å². The second kappa shape index (κ2) is 7.84. The fourth-order valence-electron chi connectivity index (χ4n) is 5.02. The minimum atomic E-state index is 0.0710. The van der Waals surface area contributed by atoms with Crippen LogP contribution in [0, 0.1) is 29.1 Å². The first-order valence-electron chi connectivity index (χ1n) is 10.1. The van der Waals surface area contributed by atoms with Crippen LogP contribution in [0.15, 0.2) is 54.1 Å². The van der Waals surface area contributed by atoms with Gasteiger partial charge in [0.2, 0.25) is 0 Å². The zero-order valence-corrected chi connectivity index (χ0v) is 17.8. The second-order valence-corrected chi connectivity index (χ2v) is 9.63. The van der Waals surface area contributed by atoms with Gasteiger partial charge in [-0.1, -0.05) is 75.7 Å². The Hall–Kier alpha value is -2.53. The van der Waals surface area contributed by atoms with Crippen LogP contribution in [0.25, 0.3) is 5.57 Å². The van der Waals surface area contributed by atoms with Crippen LogP contribution < -0.4 is 4.74 Å². The van der Waals surface area contributed by atoms with Crippen molar-refractivity contribution in [1.29, 1.82) is 5.26 Å². The first-order chi connectivity index (χ1) is 13.2. The third-order valence-electron chi connectivity index (χ3n) is 5.53. The van der Waals surface area contributed by atoms with Gasteiger partial charge in [-0.25, -0.2) is 0 Å². The van der Waals surface area contributed by atoms with E-state index in [4.69, 9.17) is 10.00 Å². The molecule has 0 N–H and O–H groups in total. The summed E-state index contributed by atoms with van der Waals surface area (Å²) < 4.78 is 5.70. The SMILES string of the molecule is Cc1ccc(C(=C2CC(C)(C)CC(C)(C)C2)c2ccccc2)cc1OCC#N. The molecule has 0 atom stereocenters. The third kappa shape index (κ3) is 4.65. The molecule has 1 saturated carbocycles. The molecule has 0 radical (unpaired) electrons. The molecule has 0 unspecified atom stereocenters. The molecule has 3 rings (SSSR count). The van der Waals surface area contributed by atoms with Crippen LogP contribution >= 0.6 is 0 Å². The summed E-state index contributed by atoms with van der Waals surface area (Å²) in [5.74, 6) is 0.794. The van der Waals surface area contributed by atoms with Gasteiger partial charge in [-0.2, -0.15) is 5.26 Å². The summed E-state index contributed by atoms with van der Waals surface area (Å²) in [6, 6.07) is 19.2. The average molecular weight is 374 g/mol. The van der Waals surface area contributed by atoms with Crippen LogP contribution in [0.5, 0.6) is 5.75 Å². The molecule has 2 heteroatoms. The van der Waals surface area contributed by atoms with Crippen molar-refractivity contribution in [1.82, 2.24) is 0 Å². The van der Waals surface area contributed by atoms with Gasteiger partial charge in [-0.3, -0.25) is 0 Å². The van der Waals surface area contributed by atoms with Gasteiger partial charge >= 0.3 is 0 Å². The minimum absolute atomic E-state index is 0.0710. The Morgan fingerprint density at radius 1 is 0.964 bits per heavy atom. The van der Waals surface area contributed by atoms with Crippen molar-refractivity contribution in [2.45, 2.75) is 53.9 Å². The van der Waals surface area contributed by atoms with Crippen molar-refractivity contribution in [2.75, 3.05) is 6.61 Å². The molecule has 28 heavy (non-hydrogen) atoms. The lowest BCUT2D eigenvalue weighted by molar-refractivity contribution is 0.154. The Morgan fingerprint density at radius 3 is 2.21 bits per heavy atom. The fraction of sp³-hybridized carbons (Fsp3) is 0.423. The highest BCUT2D eigenvalue weighted by atomic mass is 16.5. The number of rotatable bonds is 4. The van der Waals surface area contributed by atoms with E-state index in [9.17, 15) is 0 Å². The molecule has 0 amide bonds. The lowest BCUT2D eigenvalue weighted by atomic mass is 9.62. The molecule has 0 saturated heterocycles. The van der Waals surface area contributed by atoms with Gasteiger partial charge < -0.3 is 4.74 Å². The van der Waals surface area contributed by atoms with Gasteiger partial charge in [0, 0.05) is 0 Å². The summed E-state index contributed by atoms with van der Waals surface area (Å²) in [6.45, 7) is 11.6. The van der Waals surface area contributed by atoms with Crippen molar-refractivity contribution >= 4 is 5.57 Å². The number of nitrogens with zero attached hydrogens (tertiary/aromatic N) is 1. The number of hydrogen-bond donors (Lipinski definition) is 0. The van der Waals surface area contributed by atoms with Crippen LogP contribution in [-0.2, 0) is 0 Å². The van der Waals surface area contributed by atoms with E-state index in [1.165, 1.54) is 28.7 Å². The number of benzene rings is 2. The number of nitriles is 1. The molecule has 0 aliphatic heterocycles. The molecule has 0 bridgehead atoms. The normalized spacial score (nSPS) is 17.6. The van der Waals surface area contributed by atoms with Crippen molar-refractivity contribution in [3.8, 4) is 11.8 Å². The average Bonchev–Trinajstić information content (AvgIpc) is 2.60. The number of aryl methyl sites for hydroxylation is 1. The highest BCUT2D eigenvalue weighted by molar-refractivity contribution is 5.83. The molecule has 1 aliphatic carbocycles. The van der Waals surface area contributed by atoms with Gasteiger partial charge in [-0.15, -0.1) is 0 Å². The smallest absolute Gasteiger partial charge is 0.174 e. The Bertz CT molecular complexity index is 895. The Labute approximate surface area is 169 Å². The Kier molecular flexibility index (Phi) is 5.66. The quantitative estimate of drug-likeness (QED) is 0.582. The van der Waals surface area contributed by atoms with Gasteiger partial charge in [0.1, 0.15) is 11.8 Å². The summed E-state index contributed by atoms with van der Waals surface area (Å²) in [5, 5.41) is 8.91. The van der Waals surface area contributed by atoms with Crippen LogP contribution in [-0.4, -0.2) is 6.61 Å². The predicted molar refractivity (Wildman–Crippen MR) is 116 cm³/mol. The minimum Gasteiger partial charge on any atom is -0.478 e. The molecular formula is C26H31NO. The van der Waals surface area contributed by atoms with Crippen molar-refractivity contribution < 1.29 is 4.74 Å². The molecule has 146 valence electrons. The largest absolute Gasteiger partial charge is 0.478 e. The van der Waals surface area contributed by atoms with Crippen molar-refractivity contribution in [3.63, 3.8) is 0 Å². The van der Waals surface area contributed by atoms with Crippen LogP contribution in [0.4, 0.5) is 0 Å². The maximum absolute atomic E-state index is 8.91. The first kappa shape index (κ1) is 20.2. The zero-order valence-electron chi connectivity index (χ0n) is 17.8. The molecule has 1 fully saturated rings. The van der Waals surface area contributed by atoms with E-state index in [2.05, 4.69) is 82.3 Å². The number of ether oxygens (including phenoxy) is 1. The topological polar surface area (TPSA) is 33.0 Å². The van der Waals surface area contributed by atoms with Gasteiger partial charge in [-0.05, 0) is 65.3 Å².